The molecule has 18 heavy (non-hydrogen) atoms. The van der Waals surface area contributed by atoms with E-state index in [-0.39, 0.29) is 0 Å². The number of rotatable bonds is 4. The molecular formula is C14H30N4. The lowest BCUT2D eigenvalue weighted by molar-refractivity contribution is 0.276. The number of aliphatic imine (C=N–C) groups is 1. The van der Waals surface area contributed by atoms with Crippen LogP contribution in [0.15, 0.2) is 4.99 Å². The summed E-state index contributed by atoms with van der Waals surface area (Å²) in [5.74, 6) is 1.05. The van der Waals surface area contributed by atoms with Gasteiger partial charge in [0.2, 0.25) is 0 Å². The first-order valence-electron chi connectivity index (χ1n) is 7.01. The zero-order chi connectivity index (χ0) is 13.8. The van der Waals surface area contributed by atoms with E-state index < -0.39 is 0 Å². The van der Waals surface area contributed by atoms with Gasteiger partial charge < -0.3 is 15.1 Å². The van der Waals surface area contributed by atoms with E-state index in [1.165, 1.54) is 6.42 Å². The van der Waals surface area contributed by atoms with Crippen molar-refractivity contribution in [2.24, 2.45) is 10.4 Å². The summed E-state index contributed by atoms with van der Waals surface area (Å²) in [6, 6.07) is 0.597. The molecule has 0 aromatic rings. The minimum atomic E-state index is 0.423. The Hall–Kier alpha value is -0.770. The predicted octanol–water partition coefficient (Wildman–Crippen LogP) is 1.63. The van der Waals surface area contributed by atoms with E-state index in [0.29, 0.717) is 11.5 Å². The van der Waals surface area contributed by atoms with E-state index in [1.54, 1.807) is 0 Å². The lowest BCUT2D eigenvalue weighted by atomic mass is 9.93. The smallest absolute Gasteiger partial charge is 0.193 e. The number of hydrogen-bond acceptors (Lipinski definition) is 2. The van der Waals surface area contributed by atoms with Crippen LogP contribution in [-0.2, 0) is 0 Å². The molecule has 0 aromatic carbocycles. The molecule has 0 unspecified atom stereocenters. The largest absolute Gasteiger partial charge is 0.355 e. The minimum absolute atomic E-state index is 0.423. The molecule has 1 rings (SSSR count). The average molecular weight is 254 g/mol. The van der Waals surface area contributed by atoms with Crippen LogP contribution in [0.4, 0.5) is 0 Å². The molecular weight excluding hydrogens is 224 g/mol. The Morgan fingerprint density at radius 2 is 2.11 bits per heavy atom. The van der Waals surface area contributed by atoms with Crippen LogP contribution in [0, 0.1) is 5.41 Å². The topological polar surface area (TPSA) is 30.9 Å². The molecule has 106 valence electrons. The Morgan fingerprint density at radius 1 is 1.44 bits per heavy atom. The molecule has 0 aliphatic carbocycles. The van der Waals surface area contributed by atoms with Gasteiger partial charge >= 0.3 is 0 Å². The van der Waals surface area contributed by atoms with Gasteiger partial charge in [-0.25, -0.2) is 0 Å². The van der Waals surface area contributed by atoms with E-state index in [9.17, 15) is 0 Å². The molecule has 0 atom stereocenters. The summed E-state index contributed by atoms with van der Waals surface area (Å²) in [5.41, 5.74) is 0.423. The fraction of sp³-hybridized carbons (Fsp3) is 0.929. The summed E-state index contributed by atoms with van der Waals surface area (Å²) in [4.78, 5) is 9.10. The molecule has 0 amide bonds. The Morgan fingerprint density at radius 3 is 2.56 bits per heavy atom. The van der Waals surface area contributed by atoms with Crippen molar-refractivity contribution in [2.75, 3.05) is 40.3 Å². The van der Waals surface area contributed by atoms with Gasteiger partial charge in [-0.2, -0.15) is 0 Å². The highest BCUT2D eigenvalue weighted by molar-refractivity contribution is 5.80. The average Bonchev–Trinajstić information content (AvgIpc) is 2.64. The number of guanidine groups is 1. The van der Waals surface area contributed by atoms with Crippen LogP contribution in [0.3, 0.4) is 0 Å². The zero-order valence-electron chi connectivity index (χ0n) is 13.0. The van der Waals surface area contributed by atoms with E-state index in [4.69, 9.17) is 0 Å². The molecule has 1 heterocycles. The van der Waals surface area contributed by atoms with Crippen LogP contribution >= 0.6 is 0 Å². The Bertz CT molecular complexity index is 284. The summed E-state index contributed by atoms with van der Waals surface area (Å²) in [6.07, 6.45) is 1.25. The second kappa shape index (κ2) is 6.41. The molecule has 1 aliphatic rings. The van der Waals surface area contributed by atoms with Crippen molar-refractivity contribution >= 4 is 5.96 Å². The lowest BCUT2D eigenvalue weighted by Gasteiger charge is -2.25. The highest BCUT2D eigenvalue weighted by Gasteiger charge is 2.30. The summed E-state index contributed by atoms with van der Waals surface area (Å²) in [7, 11) is 4.04. The van der Waals surface area contributed by atoms with Crippen molar-refractivity contribution in [1.82, 2.24) is 15.1 Å². The van der Waals surface area contributed by atoms with Crippen molar-refractivity contribution in [3.63, 3.8) is 0 Å². The first-order chi connectivity index (χ1) is 8.35. The van der Waals surface area contributed by atoms with Gasteiger partial charge in [0.25, 0.3) is 0 Å². The van der Waals surface area contributed by atoms with E-state index in [0.717, 1.165) is 32.1 Å². The van der Waals surface area contributed by atoms with Gasteiger partial charge in [-0.15, -0.1) is 0 Å². The normalized spacial score (nSPS) is 20.0. The van der Waals surface area contributed by atoms with Crippen molar-refractivity contribution in [1.29, 1.82) is 0 Å². The third-order valence-corrected chi connectivity index (χ3v) is 3.82. The lowest BCUT2D eigenvalue weighted by Crippen LogP contribution is -2.44. The number of likely N-dealkylation sites (N-methyl/N-ethyl adjacent to an activating group) is 1. The van der Waals surface area contributed by atoms with E-state index in [1.807, 2.05) is 7.05 Å². The maximum atomic E-state index is 4.39. The summed E-state index contributed by atoms with van der Waals surface area (Å²) in [6.45, 7) is 13.3. The van der Waals surface area contributed by atoms with Gasteiger partial charge in [0.1, 0.15) is 0 Å². The summed E-state index contributed by atoms with van der Waals surface area (Å²) in [5, 5.41) is 3.47. The van der Waals surface area contributed by atoms with Crippen LogP contribution in [-0.4, -0.2) is 62.1 Å². The molecule has 0 saturated carbocycles. The molecule has 0 radical (unpaired) electrons. The van der Waals surface area contributed by atoms with Crippen LogP contribution < -0.4 is 5.32 Å². The predicted molar refractivity (Wildman–Crippen MR) is 79.1 cm³/mol. The first kappa shape index (κ1) is 15.3. The number of nitrogens with zero attached hydrogens (tertiary/aromatic N) is 3. The minimum Gasteiger partial charge on any atom is -0.355 e. The van der Waals surface area contributed by atoms with Crippen molar-refractivity contribution in [3.8, 4) is 0 Å². The molecule has 1 saturated heterocycles. The van der Waals surface area contributed by atoms with E-state index in [2.05, 4.69) is 54.9 Å². The monoisotopic (exact) mass is 254 g/mol. The third-order valence-electron chi connectivity index (χ3n) is 3.82. The van der Waals surface area contributed by atoms with Crippen LogP contribution in [0.2, 0.25) is 0 Å². The van der Waals surface area contributed by atoms with Gasteiger partial charge in [0, 0.05) is 39.3 Å². The van der Waals surface area contributed by atoms with E-state index >= 15 is 0 Å². The molecule has 1 fully saturated rings. The molecule has 4 nitrogen and oxygen atoms in total. The van der Waals surface area contributed by atoms with Crippen LogP contribution in [0.1, 0.15) is 34.1 Å². The highest BCUT2D eigenvalue weighted by Crippen LogP contribution is 2.28. The fourth-order valence-electron chi connectivity index (χ4n) is 2.23. The molecule has 0 spiro atoms. The highest BCUT2D eigenvalue weighted by atomic mass is 15.3. The maximum absolute atomic E-state index is 4.39. The van der Waals surface area contributed by atoms with Gasteiger partial charge in [0.05, 0.1) is 0 Å². The second-order valence-corrected chi connectivity index (χ2v) is 6.38. The fourth-order valence-corrected chi connectivity index (χ4v) is 2.23. The van der Waals surface area contributed by atoms with Crippen molar-refractivity contribution < 1.29 is 0 Å². The van der Waals surface area contributed by atoms with Gasteiger partial charge in [0.15, 0.2) is 5.96 Å². The quantitative estimate of drug-likeness (QED) is 0.611. The SMILES string of the molecule is CN=C(NCCN(C)C(C)C)N1CCC(C)(C)C1. The molecule has 0 bridgehead atoms. The standard InChI is InChI=1S/C14H30N4/c1-12(2)17(6)10-8-16-13(15-5)18-9-7-14(3,4)11-18/h12H,7-11H2,1-6H3,(H,15,16). The number of hydrogen-bond donors (Lipinski definition) is 1. The molecule has 1 aliphatic heterocycles. The van der Waals surface area contributed by atoms with Crippen molar-refractivity contribution in [2.45, 2.75) is 40.2 Å². The number of nitrogens with one attached hydrogen (secondary N) is 1. The van der Waals surface area contributed by atoms with Crippen LogP contribution in [0.25, 0.3) is 0 Å². The Balaban J connectivity index is 2.36. The van der Waals surface area contributed by atoms with Crippen molar-refractivity contribution in [3.05, 3.63) is 0 Å². The van der Waals surface area contributed by atoms with Gasteiger partial charge in [-0.05, 0) is 32.7 Å². The number of likely N-dealkylation sites (tertiary alicyclic amines) is 1. The summed E-state index contributed by atoms with van der Waals surface area (Å²) < 4.78 is 0. The molecule has 1 N–H and O–H groups in total. The Labute approximate surface area is 112 Å². The van der Waals surface area contributed by atoms with Gasteiger partial charge in [-0.1, -0.05) is 13.8 Å². The third kappa shape index (κ3) is 4.48. The van der Waals surface area contributed by atoms with Crippen LogP contribution in [0.5, 0.6) is 0 Å². The molecule has 0 aromatic heterocycles. The molecule has 4 heteroatoms. The van der Waals surface area contributed by atoms with Gasteiger partial charge in [-0.3, -0.25) is 4.99 Å². The second-order valence-electron chi connectivity index (χ2n) is 6.38. The summed E-state index contributed by atoms with van der Waals surface area (Å²) >= 11 is 0. The Kier molecular flexibility index (Phi) is 5.45. The zero-order valence-corrected chi connectivity index (χ0v) is 13.0. The maximum Gasteiger partial charge on any atom is 0.193 e. The first-order valence-corrected chi connectivity index (χ1v) is 7.01.